The Hall–Kier alpha value is -6.04. The van der Waals surface area contributed by atoms with E-state index in [2.05, 4.69) is 43.6 Å². The average molecular weight is 835 g/mol. The van der Waals surface area contributed by atoms with E-state index in [4.69, 9.17) is 9.68 Å². The fourth-order valence-electron chi connectivity index (χ4n) is 10.8. The van der Waals surface area contributed by atoms with E-state index in [0.29, 0.717) is 50.4 Å². The lowest BCUT2D eigenvalue weighted by molar-refractivity contribution is -0.141. The Morgan fingerprint density at radius 1 is 0.565 bits per heavy atom. The van der Waals surface area contributed by atoms with Crippen molar-refractivity contribution in [1.29, 1.82) is 0 Å². The van der Waals surface area contributed by atoms with Crippen LogP contribution in [0.15, 0.2) is 85.7 Å². The van der Waals surface area contributed by atoms with Gasteiger partial charge in [0.15, 0.2) is 11.6 Å². The standard InChI is InChI=1S/C50H54N6O6/c57-47(61-55-31-51-41-25-35(19-21-45(41)55)49(59)39-29-53(27-33-11-3-1-4-12-33)43-17-9-7-15-37(39)43)23-24-48(58)62-56-32-52-42-26-36(20-22-46(42)56)50(60)40-30-54(28-34-13-5-2-6-14-34)44-18-10-8-16-38(40)44/h7-10,15-18,23-24,29-36H,1-6,11-14,19-22,25-28H2/b24-23+. The van der Waals surface area contributed by atoms with E-state index in [9.17, 15) is 19.2 Å². The number of rotatable bonds is 12. The fraction of sp³-hybridized carbons (Fsp3) is 0.440. The van der Waals surface area contributed by atoms with Crippen LogP contribution in [0.3, 0.4) is 0 Å². The lowest BCUT2D eigenvalue weighted by Gasteiger charge is -2.22. The summed E-state index contributed by atoms with van der Waals surface area (Å²) in [7, 11) is 0. The first kappa shape index (κ1) is 40.1. The zero-order valence-electron chi connectivity index (χ0n) is 35.3. The molecule has 320 valence electrons. The summed E-state index contributed by atoms with van der Waals surface area (Å²) in [4.78, 5) is 74.0. The second-order valence-corrected chi connectivity index (χ2v) is 18.1. The second kappa shape index (κ2) is 17.4. The molecule has 12 nitrogen and oxygen atoms in total. The van der Waals surface area contributed by atoms with Gasteiger partial charge < -0.3 is 18.8 Å². The maximum absolute atomic E-state index is 14.0. The molecule has 0 N–H and O–H groups in total. The molecule has 0 radical (unpaired) electrons. The van der Waals surface area contributed by atoms with Gasteiger partial charge >= 0.3 is 11.9 Å². The van der Waals surface area contributed by atoms with Crippen LogP contribution in [-0.4, -0.2) is 52.1 Å². The van der Waals surface area contributed by atoms with E-state index in [-0.39, 0.29) is 23.4 Å². The maximum Gasteiger partial charge on any atom is 0.356 e. The van der Waals surface area contributed by atoms with Gasteiger partial charge in [-0.15, -0.1) is 0 Å². The second-order valence-electron chi connectivity index (χ2n) is 18.1. The molecule has 2 saturated carbocycles. The van der Waals surface area contributed by atoms with Gasteiger partial charge in [-0.05, 0) is 75.3 Å². The zero-order chi connectivity index (χ0) is 42.2. The third-order valence-electron chi connectivity index (χ3n) is 14.1. The van der Waals surface area contributed by atoms with Gasteiger partial charge in [-0.3, -0.25) is 9.59 Å². The Morgan fingerprint density at radius 2 is 0.984 bits per heavy atom. The summed E-state index contributed by atoms with van der Waals surface area (Å²) < 4.78 is 7.24. The Labute approximate surface area is 360 Å². The first-order valence-corrected chi connectivity index (χ1v) is 22.8. The number of nitrogens with zero attached hydrogens (tertiary/aromatic N) is 6. The summed E-state index contributed by atoms with van der Waals surface area (Å²) in [5.41, 5.74) is 6.69. The molecule has 4 aliphatic rings. The van der Waals surface area contributed by atoms with Crippen LogP contribution in [0.1, 0.15) is 121 Å². The quantitative estimate of drug-likeness (QED) is 0.0889. The normalized spacial score (nSPS) is 19.7. The molecule has 4 aliphatic carbocycles. The minimum Gasteiger partial charge on any atom is -0.346 e. The van der Waals surface area contributed by atoms with Crippen LogP contribution in [0.2, 0.25) is 0 Å². The van der Waals surface area contributed by atoms with Crippen LogP contribution < -0.4 is 9.68 Å². The molecule has 2 unspecified atom stereocenters. The monoisotopic (exact) mass is 834 g/mol. The van der Waals surface area contributed by atoms with E-state index >= 15 is 0 Å². The van der Waals surface area contributed by atoms with Gasteiger partial charge in [0.25, 0.3) is 0 Å². The Kier molecular flexibility index (Phi) is 11.2. The largest absolute Gasteiger partial charge is 0.356 e. The van der Waals surface area contributed by atoms with Gasteiger partial charge in [0.05, 0.1) is 22.8 Å². The van der Waals surface area contributed by atoms with Gasteiger partial charge in [0, 0.05) is 95.2 Å². The van der Waals surface area contributed by atoms with Crippen LogP contribution in [0.5, 0.6) is 0 Å². The number of carbonyl (C=O) groups is 4. The molecule has 6 aromatic rings. The van der Waals surface area contributed by atoms with Crippen LogP contribution >= 0.6 is 0 Å². The van der Waals surface area contributed by atoms with E-state index in [0.717, 1.165) is 81.0 Å². The minimum atomic E-state index is -0.764. The number of carbonyl (C=O) groups excluding carboxylic acids is 4. The Morgan fingerprint density at radius 3 is 1.42 bits per heavy atom. The topological polar surface area (TPSA) is 132 Å². The Bertz CT molecular complexity index is 2500. The summed E-state index contributed by atoms with van der Waals surface area (Å²) >= 11 is 0. The molecule has 0 saturated heterocycles. The first-order valence-electron chi connectivity index (χ1n) is 22.8. The van der Waals surface area contributed by atoms with Crippen molar-refractivity contribution in [2.75, 3.05) is 0 Å². The summed E-state index contributed by atoms with van der Waals surface area (Å²) in [6.45, 7) is 1.88. The number of para-hydroxylation sites is 2. The molecule has 62 heavy (non-hydrogen) atoms. The van der Waals surface area contributed by atoms with Crippen molar-refractivity contribution in [3.8, 4) is 0 Å². The van der Waals surface area contributed by atoms with Crippen molar-refractivity contribution < 1.29 is 28.9 Å². The fourth-order valence-corrected chi connectivity index (χ4v) is 10.8. The highest BCUT2D eigenvalue weighted by Crippen LogP contribution is 2.35. The molecule has 2 fully saturated rings. The lowest BCUT2D eigenvalue weighted by atomic mass is 9.84. The van der Waals surface area contributed by atoms with Gasteiger partial charge in [0.1, 0.15) is 12.7 Å². The molecule has 2 atom stereocenters. The number of hydrogen-bond acceptors (Lipinski definition) is 8. The lowest BCUT2D eigenvalue weighted by Crippen LogP contribution is -2.27. The number of Topliss-reactive ketones (excluding diaryl/α,β-unsaturated/α-hetero) is 2. The predicted octanol–water partition coefficient (Wildman–Crippen LogP) is 8.29. The van der Waals surface area contributed by atoms with Gasteiger partial charge in [-0.25, -0.2) is 19.6 Å². The van der Waals surface area contributed by atoms with Gasteiger partial charge in [-0.2, -0.15) is 9.46 Å². The van der Waals surface area contributed by atoms with Gasteiger partial charge in [-0.1, -0.05) is 74.9 Å². The minimum absolute atomic E-state index is 0.124. The maximum atomic E-state index is 14.0. The molecule has 0 bridgehead atoms. The highest BCUT2D eigenvalue weighted by Gasteiger charge is 2.33. The van der Waals surface area contributed by atoms with Crippen molar-refractivity contribution in [3.05, 3.63) is 120 Å². The summed E-state index contributed by atoms with van der Waals surface area (Å²) in [5, 5.41) is 2.00. The van der Waals surface area contributed by atoms with E-state index in [1.54, 1.807) is 0 Å². The highest BCUT2D eigenvalue weighted by atomic mass is 16.7. The van der Waals surface area contributed by atoms with Crippen molar-refractivity contribution in [2.45, 2.75) is 116 Å². The molecule has 4 heterocycles. The smallest absolute Gasteiger partial charge is 0.346 e. The average Bonchev–Trinajstić information content (AvgIpc) is 4.09. The van der Waals surface area contributed by atoms with Crippen molar-refractivity contribution in [1.82, 2.24) is 28.6 Å². The van der Waals surface area contributed by atoms with Crippen molar-refractivity contribution >= 4 is 45.3 Å². The molecular formula is C50H54N6O6. The first-order chi connectivity index (χ1) is 30.4. The molecule has 0 amide bonds. The third kappa shape index (κ3) is 8.07. The van der Waals surface area contributed by atoms with Crippen LogP contribution in [0.25, 0.3) is 21.8 Å². The SMILES string of the molecule is O=C(/C=C/C(=O)On1cnc2c1CCC(C(=O)c1cn(CC3CCCCC3)c3ccccc13)C2)On1cnc2c1CCC(C(=O)c1cn(CC3CCCCC3)c3ccccc13)C2. The number of benzene rings is 2. The summed E-state index contributed by atoms with van der Waals surface area (Å²) in [6, 6.07) is 16.4. The number of hydrogen-bond donors (Lipinski definition) is 0. The summed E-state index contributed by atoms with van der Waals surface area (Å²) in [5.74, 6) is -0.450. The third-order valence-corrected chi connectivity index (χ3v) is 14.1. The molecule has 12 heteroatoms. The van der Waals surface area contributed by atoms with Crippen molar-refractivity contribution in [3.63, 3.8) is 0 Å². The van der Waals surface area contributed by atoms with E-state index < -0.39 is 11.9 Å². The molecule has 10 rings (SSSR count). The molecular weight excluding hydrogens is 781 g/mol. The van der Waals surface area contributed by atoms with Gasteiger partial charge in [0.2, 0.25) is 0 Å². The highest BCUT2D eigenvalue weighted by molar-refractivity contribution is 6.10. The molecule has 0 spiro atoms. The Balaban J connectivity index is 0.739. The van der Waals surface area contributed by atoms with Crippen LogP contribution in [0.4, 0.5) is 0 Å². The number of fused-ring (bicyclic) bond motifs is 4. The van der Waals surface area contributed by atoms with Crippen LogP contribution in [-0.2, 0) is 48.4 Å². The number of aromatic nitrogens is 6. The summed E-state index contributed by atoms with van der Waals surface area (Å²) in [6.07, 6.45) is 24.9. The van der Waals surface area contributed by atoms with E-state index in [1.807, 2.05) is 36.4 Å². The van der Waals surface area contributed by atoms with Crippen molar-refractivity contribution in [2.24, 2.45) is 23.7 Å². The zero-order valence-corrected chi connectivity index (χ0v) is 35.3. The number of imidazole rings is 2. The number of ketones is 2. The molecule has 0 aliphatic heterocycles. The molecule has 2 aromatic carbocycles. The molecule has 4 aromatic heterocycles. The van der Waals surface area contributed by atoms with Crippen LogP contribution in [0, 0.1) is 23.7 Å². The van der Waals surface area contributed by atoms with E-state index in [1.165, 1.54) is 86.3 Å². The predicted molar refractivity (Wildman–Crippen MR) is 233 cm³/mol.